The van der Waals surface area contributed by atoms with Crippen LogP contribution in [0.15, 0.2) is 42.5 Å². The molecule has 2 saturated heterocycles. The summed E-state index contributed by atoms with van der Waals surface area (Å²) in [5.74, 6) is -0.133. The topological polar surface area (TPSA) is 84.9 Å². The maximum atomic E-state index is 12.8. The number of ether oxygens (including phenoxy) is 5. The SMILES string of the molecule is COC1OC(COc2cccc3c2[nH]c2ccccc2[n+]3=O)C2OC(C)(C)OC12. The molecule has 5 rings (SSSR count). The molecule has 152 valence electrons. The highest BCUT2D eigenvalue weighted by Crippen LogP contribution is 2.39. The first-order valence-electron chi connectivity index (χ1n) is 9.60. The van der Waals surface area contributed by atoms with Gasteiger partial charge in [-0.05, 0) is 26.0 Å². The molecule has 2 fully saturated rings. The van der Waals surface area contributed by atoms with Crippen LogP contribution in [0.4, 0.5) is 0 Å². The number of methoxy groups -OCH3 is 1. The second-order valence-electron chi connectivity index (χ2n) is 7.74. The Morgan fingerprint density at radius 1 is 1.07 bits per heavy atom. The van der Waals surface area contributed by atoms with Crippen molar-refractivity contribution >= 4 is 22.1 Å². The fourth-order valence-electron chi connectivity index (χ4n) is 4.09. The zero-order chi connectivity index (χ0) is 20.2. The van der Waals surface area contributed by atoms with Gasteiger partial charge in [0.2, 0.25) is 0 Å². The fraction of sp³-hybridized carbons (Fsp3) is 0.429. The summed E-state index contributed by atoms with van der Waals surface area (Å²) in [6.45, 7) is 3.97. The highest BCUT2D eigenvalue weighted by molar-refractivity contribution is 5.85. The molecule has 0 saturated carbocycles. The fourth-order valence-corrected chi connectivity index (χ4v) is 4.09. The smallest absolute Gasteiger partial charge is 0.290 e. The van der Waals surface area contributed by atoms with Gasteiger partial charge in [0.15, 0.2) is 17.6 Å². The lowest BCUT2D eigenvalue weighted by atomic mass is 10.1. The summed E-state index contributed by atoms with van der Waals surface area (Å²) in [4.78, 5) is 16.1. The summed E-state index contributed by atoms with van der Waals surface area (Å²) in [6.07, 6.45) is -1.47. The van der Waals surface area contributed by atoms with Crippen molar-refractivity contribution in [3.05, 3.63) is 47.4 Å². The lowest BCUT2D eigenvalue weighted by Gasteiger charge is -2.23. The Kier molecular flexibility index (Phi) is 4.32. The van der Waals surface area contributed by atoms with Crippen LogP contribution >= 0.6 is 0 Å². The zero-order valence-corrected chi connectivity index (χ0v) is 16.5. The van der Waals surface area contributed by atoms with Gasteiger partial charge in [0.25, 0.3) is 11.0 Å². The molecule has 0 spiro atoms. The molecule has 3 heterocycles. The van der Waals surface area contributed by atoms with Gasteiger partial charge in [-0.25, -0.2) is 0 Å². The first kappa shape index (κ1) is 18.5. The van der Waals surface area contributed by atoms with Gasteiger partial charge in [-0.2, -0.15) is 0 Å². The molecular weight excluding hydrogens is 376 g/mol. The molecule has 4 unspecified atom stereocenters. The molecular formula is C21H23N2O6+. The van der Waals surface area contributed by atoms with E-state index in [-0.39, 0.29) is 24.9 Å². The van der Waals surface area contributed by atoms with Crippen LogP contribution in [0.3, 0.4) is 0 Å². The number of hydrogen-bond donors (Lipinski definition) is 1. The maximum absolute atomic E-state index is 12.8. The largest absolute Gasteiger partial charge is 0.488 e. The van der Waals surface area contributed by atoms with E-state index in [1.54, 1.807) is 25.3 Å². The number of aromatic amines is 1. The van der Waals surface area contributed by atoms with Crippen molar-refractivity contribution in [1.29, 1.82) is 0 Å². The minimum Gasteiger partial charge on any atom is -0.488 e. The molecule has 8 nitrogen and oxygen atoms in total. The minimum atomic E-state index is -0.700. The zero-order valence-electron chi connectivity index (χ0n) is 16.5. The third kappa shape index (κ3) is 3.08. The number of nitrogens with one attached hydrogen (secondary N) is 1. The lowest BCUT2D eigenvalue weighted by molar-refractivity contribution is -0.432. The predicted octanol–water partition coefficient (Wildman–Crippen LogP) is 2.51. The first-order chi connectivity index (χ1) is 14.0. The van der Waals surface area contributed by atoms with Gasteiger partial charge in [-0.3, -0.25) is 0 Å². The summed E-state index contributed by atoms with van der Waals surface area (Å²) in [5, 5.41) is 0. The van der Waals surface area contributed by atoms with Gasteiger partial charge in [-0.15, -0.1) is 0 Å². The molecule has 29 heavy (non-hydrogen) atoms. The van der Waals surface area contributed by atoms with E-state index in [1.807, 2.05) is 38.1 Å². The standard InChI is InChI=1S/C21H23N2O6/c1-21(2)28-18-16(27-20(25-3)19(18)29-21)11-26-15-10-6-9-14-17(15)22-12-7-4-5-8-13(12)23(14)24/h4-10,16,18-20H,11H2,1-3H3,(H,22,24)/q+1. The van der Waals surface area contributed by atoms with Crippen molar-refractivity contribution in [1.82, 2.24) is 4.98 Å². The molecule has 3 aromatic rings. The molecule has 1 N–H and O–H groups in total. The molecule has 2 aromatic carbocycles. The van der Waals surface area contributed by atoms with E-state index in [0.717, 1.165) is 9.94 Å². The van der Waals surface area contributed by atoms with Gasteiger partial charge >= 0.3 is 0 Å². The second-order valence-corrected chi connectivity index (χ2v) is 7.74. The number of aromatic nitrogens is 2. The van der Waals surface area contributed by atoms with E-state index in [1.165, 1.54) is 0 Å². The number of benzene rings is 2. The summed E-state index contributed by atoms with van der Waals surface area (Å²) >= 11 is 0. The maximum Gasteiger partial charge on any atom is 0.290 e. The molecule has 8 heteroatoms. The number of hydrogen-bond acceptors (Lipinski definition) is 6. The van der Waals surface area contributed by atoms with E-state index >= 15 is 0 Å². The minimum absolute atomic E-state index is 0.235. The van der Waals surface area contributed by atoms with Crippen LogP contribution < -0.4 is 9.16 Å². The van der Waals surface area contributed by atoms with Crippen LogP contribution in [0.2, 0.25) is 0 Å². The third-order valence-electron chi connectivity index (χ3n) is 5.35. The molecule has 0 aliphatic carbocycles. The van der Waals surface area contributed by atoms with Crippen molar-refractivity contribution in [2.45, 2.75) is 44.2 Å². The predicted molar refractivity (Wildman–Crippen MR) is 104 cm³/mol. The Morgan fingerprint density at radius 3 is 2.66 bits per heavy atom. The number of rotatable bonds is 4. The summed E-state index contributed by atoms with van der Waals surface area (Å²) in [7, 11) is 1.58. The van der Waals surface area contributed by atoms with Crippen molar-refractivity contribution in [3.8, 4) is 5.75 Å². The normalized spacial score (nSPS) is 28.1. The first-order valence-corrected chi connectivity index (χ1v) is 9.60. The molecule has 0 amide bonds. The van der Waals surface area contributed by atoms with Crippen LogP contribution in [-0.2, 0) is 18.9 Å². The quantitative estimate of drug-likeness (QED) is 0.536. The van der Waals surface area contributed by atoms with Crippen LogP contribution in [0.5, 0.6) is 5.75 Å². The van der Waals surface area contributed by atoms with Crippen LogP contribution in [0.1, 0.15) is 13.8 Å². The molecule has 0 bridgehead atoms. The average Bonchev–Trinajstić information content (AvgIpc) is 3.19. The Labute approximate surface area is 166 Å². The molecule has 0 radical (unpaired) electrons. The van der Waals surface area contributed by atoms with Gasteiger partial charge in [0.1, 0.15) is 36.2 Å². The Balaban J connectivity index is 1.45. The van der Waals surface area contributed by atoms with E-state index < -0.39 is 12.1 Å². The van der Waals surface area contributed by atoms with E-state index in [0.29, 0.717) is 22.3 Å². The van der Waals surface area contributed by atoms with E-state index in [9.17, 15) is 4.91 Å². The van der Waals surface area contributed by atoms with Gasteiger partial charge < -0.3 is 28.7 Å². The summed E-state index contributed by atoms with van der Waals surface area (Å²) in [5.41, 5.74) is 2.43. The summed E-state index contributed by atoms with van der Waals surface area (Å²) in [6, 6.07) is 12.7. The molecule has 1 aromatic heterocycles. The average molecular weight is 399 g/mol. The van der Waals surface area contributed by atoms with Gasteiger partial charge in [0.05, 0.1) is 4.43 Å². The van der Waals surface area contributed by atoms with Crippen LogP contribution in [-0.4, -0.2) is 49.1 Å². The number of para-hydroxylation sites is 3. The molecule has 4 atom stereocenters. The van der Waals surface area contributed by atoms with Crippen molar-refractivity contribution in [3.63, 3.8) is 0 Å². The monoisotopic (exact) mass is 399 g/mol. The second kappa shape index (κ2) is 6.77. The lowest BCUT2D eigenvalue weighted by Crippen LogP contribution is -2.34. The van der Waals surface area contributed by atoms with Gasteiger partial charge in [0, 0.05) is 24.1 Å². The van der Waals surface area contributed by atoms with Gasteiger partial charge in [-0.1, -0.05) is 18.2 Å². The number of fused-ring (bicyclic) bond motifs is 3. The Morgan fingerprint density at radius 2 is 1.83 bits per heavy atom. The summed E-state index contributed by atoms with van der Waals surface area (Å²) < 4.78 is 30.2. The third-order valence-corrected chi connectivity index (χ3v) is 5.35. The molecule has 2 aliphatic rings. The Hall–Kier alpha value is -2.52. The Bertz CT molecular complexity index is 1130. The van der Waals surface area contributed by atoms with Crippen molar-refractivity contribution in [2.24, 2.45) is 0 Å². The highest BCUT2D eigenvalue weighted by Gasteiger charge is 2.55. The van der Waals surface area contributed by atoms with Crippen molar-refractivity contribution in [2.75, 3.05) is 13.7 Å². The number of H-pyrrole nitrogens is 1. The number of nitrogens with zero attached hydrogens (tertiary/aromatic N) is 1. The van der Waals surface area contributed by atoms with E-state index in [2.05, 4.69) is 4.98 Å². The highest BCUT2D eigenvalue weighted by atomic mass is 16.8. The molecule has 2 aliphatic heterocycles. The van der Waals surface area contributed by atoms with Crippen LogP contribution in [0, 0.1) is 4.91 Å². The van der Waals surface area contributed by atoms with Crippen molar-refractivity contribution < 1.29 is 28.1 Å². The van der Waals surface area contributed by atoms with Crippen LogP contribution in [0.25, 0.3) is 22.1 Å². The van der Waals surface area contributed by atoms with E-state index in [4.69, 9.17) is 23.7 Å².